The molecule has 0 amide bonds. The molecule has 18 heavy (non-hydrogen) atoms. The Balaban J connectivity index is 2.85. The maximum atomic E-state index is 11.8. The molecule has 0 heterocycles. The maximum Gasteiger partial charge on any atom is 0.337 e. The molecule has 6 heteroatoms. The van der Waals surface area contributed by atoms with Crippen LogP contribution in [0.2, 0.25) is 0 Å². The average molecular weight is 267 g/mol. The van der Waals surface area contributed by atoms with E-state index in [1.807, 2.05) is 0 Å². The van der Waals surface area contributed by atoms with Gasteiger partial charge in [-0.05, 0) is 24.3 Å². The lowest BCUT2D eigenvalue weighted by Gasteiger charge is -2.05. The third-order valence-corrected chi connectivity index (χ3v) is 3.62. The lowest BCUT2D eigenvalue weighted by molar-refractivity contribution is 0.0600. The van der Waals surface area contributed by atoms with Gasteiger partial charge in [0.1, 0.15) is 0 Å². The SMILES string of the molecule is C#CCCNS(=O)(=O)c1ccc(C(=O)OC)cc1. The quantitative estimate of drug-likeness (QED) is 0.486. The zero-order valence-electron chi connectivity index (χ0n) is 9.84. The summed E-state index contributed by atoms with van der Waals surface area (Å²) >= 11 is 0. The molecule has 0 aliphatic heterocycles. The molecule has 1 aromatic rings. The molecule has 0 saturated carbocycles. The molecule has 0 radical (unpaired) electrons. The number of carbonyl (C=O) groups is 1. The molecule has 0 aliphatic rings. The summed E-state index contributed by atoms with van der Waals surface area (Å²) in [5.74, 6) is 1.82. The van der Waals surface area contributed by atoms with E-state index in [4.69, 9.17) is 6.42 Å². The summed E-state index contributed by atoms with van der Waals surface area (Å²) in [5, 5.41) is 0. The van der Waals surface area contributed by atoms with Gasteiger partial charge in [0.25, 0.3) is 0 Å². The fourth-order valence-electron chi connectivity index (χ4n) is 1.23. The Hall–Kier alpha value is -1.84. The molecule has 0 aromatic heterocycles. The van der Waals surface area contributed by atoms with Gasteiger partial charge in [-0.1, -0.05) is 0 Å². The first-order valence-electron chi connectivity index (χ1n) is 5.13. The van der Waals surface area contributed by atoms with E-state index in [1.165, 1.54) is 31.4 Å². The molecule has 5 nitrogen and oxygen atoms in total. The lowest BCUT2D eigenvalue weighted by atomic mass is 10.2. The van der Waals surface area contributed by atoms with Crippen LogP contribution in [-0.2, 0) is 14.8 Å². The third kappa shape index (κ3) is 3.58. The average Bonchev–Trinajstić information content (AvgIpc) is 2.38. The molecule has 1 aromatic carbocycles. The Labute approximate surface area is 106 Å². The highest BCUT2D eigenvalue weighted by Gasteiger charge is 2.14. The monoisotopic (exact) mass is 267 g/mol. The van der Waals surface area contributed by atoms with E-state index in [2.05, 4.69) is 15.4 Å². The molecule has 0 saturated heterocycles. The molecule has 96 valence electrons. The van der Waals surface area contributed by atoms with Gasteiger partial charge in [-0.3, -0.25) is 0 Å². The second kappa shape index (κ2) is 6.19. The summed E-state index contributed by atoms with van der Waals surface area (Å²) in [6, 6.07) is 5.46. The van der Waals surface area contributed by atoms with Crippen molar-refractivity contribution in [3.05, 3.63) is 29.8 Å². The van der Waals surface area contributed by atoms with E-state index in [-0.39, 0.29) is 11.4 Å². The first-order chi connectivity index (χ1) is 8.51. The van der Waals surface area contributed by atoms with Gasteiger partial charge in [0.15, 0.2) is 0 Å². The van der Waals surface area contributed by atoms with Crippen LogP contribution in [0.5, 0.6) is 0 Å². The normalized spacial score (nSPS) is 10.7. The zero-order chi connectivity index (χ0) is 13.6. The summed E-state index contributed by atoms with van der Waals surface area (Å²) in [7, 11) is -2.32. The van der Waals surface area contributed by atoms with Crippen molar-refractivity contribution in [2.24, 2.45) is 0 Å². The number of methoxy groups -OCH3 is 1. The predicted octanol–water partition coefficient (Wildman–Crippen LogP) is 0.775. The topological polar surface area (TPSA) is 72.5 Å². The summed E-state index contributed by atoms with van der Waals surface area (Å²) < 4.78 is 30.4. The zero-order valence-corrected chi connectivity index (χ0v) is 10.7. The number of hydrogen-bond donors (Lipinski definition) is 1. The van der Waals surface area contributed by atoms with E-state index < -0.39 is 16.0 Å². The first kappa shape index (κ1) is 14.2. The fourth-order valence-corrected chi connectivity index (χ4v) is 2.26. The van der Waals surface area contributed by atoms with Gasteiger partial charge in [0.2, 0.25) is 10.0 Å². The number of ether oxygens (including phenoxy) is 1. The van der Waals surface area contributed by atoms with Crippen molar-refractivity contribution < 1.29 is 17.9 Å². The number of carbonyl (C=O) groups excluding carboxylic acids is 1. The number of hydrogen-bond acceptors (Lipinski definition) is 4. The van der Waals surface area contributed by atoms with Crippen molar-refractivity contribution >= 4 is 16.0 Å². The molecule has 1 rings (SSSR count). The van der Waals surface area contributed by atoms with Crippen molar-refractivity contribution in [2.45, 2.75) is 11.3 Å². The second-order valence-corrected chi connectivity index (χ2v) is 5.13. The van der Waals surface area contributed by atoms with Crippen LogP contribution < -0.4 is 4.72 Å². The van der Waals surface area contributed by atoms with Gasteiger partial charge >= 0.3 is 5.97 Å². The molecule has 0 bridgehead atoms. The Morgan fingerprint density at radius 2 is 2.00 bits per heavy atom. The lowest BCUT2D eigenvalue weighted by Crippen LogP contribution is -2.24. The van der Waals surface area contributed by atoms with Gasteiger partial charge < -0.3 is 4.74 Å². The minimum absolute atomic E-state index is 0.0761. The van der Waals surface area contributed by atoms with Crippen LogP contribution in [0.1, 0.15) is 16.8 Å². The Kier molecular flexibility index (Phi) is 4.89. The van der Waals surface area contributed by atoms with Crippen LogP contribution in [-0.4, -0.2) is 28.0 Å². The van der Waals surface area contributed by atoms with Gasteiger partial charge in [0.05, 0.1) is 17.6 Å². The summed E-state index contributed by atoms with van der Waals surface area (Å²) in [6.45, 7) is 0.178. The van der Waals surface area contributed by atoms with Crippen molar-refractivity contribution in [3.63, 3.8) is 0 Å². The van der Waals surface area contributed by atoms with Crippen molar-refractivity contribution in [3.8, 4) is 12.3 Å². The number of terminal acetylenes is 1. The van der Waals surface area contributed by atoms with Crippen LogP contribution in [0.25, 0.3) is 0 Å². The van der Waals surface area contributed by atoms with Gasteiger partial charge in [-0.2, -0.15) is 0 Å². The van der Waals surface area contributed by atoms with E-state index in [9.17, 15) is 13.2 Å². The van der Waals surface area contributed by atoms with Gasteiger partial charge in [-0.15, -0.1) is 12.3 Å². The van der Waals surface area contributed by atoms with E-state index in [0.717, 1.165) is 0 Å². The van der Waals surface area contributed by atoms with Crippen LogP contribution in [0.3, 0.4) is 0 Å². The van der Waals surface area contributed by atoms with Crippen molar-refractivity contribution in [2.75, 3.05) is 13.7 Å². The molecule has 0 fully saturated rings. The summed E-state index contributed by atoms with van der Waals surface area (Å²) in [5.41, 5.74) is 0.292. The van der Waals surface area contributed by atoms with Crippen LogP contribution in [0.15, 0.2) is 29.2 Å². The molecule has 0 spiro atoms. The number of nitrogens with one attached hydrogen (secondary N) is 1. The highest BCUT2D eigenvalue weighted by atomic mass is 32.2. The largest absolute Gasteiger partial charge is 0.465 e. The standard InChI is InChI=1S/C12H13NO4S/c1-3-4-9-13-18(15,16)11-7-5-10(6-8-11)12(14)17-2/h1,5-8,13H,4,9H2,2H3. The summed E-state index contributed by atoms with van der Waals surface area (Å²) in [6.07, 6.45) is 5.35. The number of sulfonamides is 1. The minimum Gasteiger partial charge on any atom is -0.465 e. The van der Waals surface area contributed by atoms with E-state index in [0.29, 0.717) is 12.0 Å². The van der Waals surface area contributed by atoms with Crippen molar-refractivity contribution in [1.29, 1.82) is 0 Å². The van der Waals surface area contributed by atoms with Crippen LogP contribution in [0, 0.1) is 12.3 Å². The molecule has 0 aliphatic carbocycles. The number of esters is 1. The molecule has 0 atom stereocenters. The molecular formula is C12H13NO4S. The molecular weight excluding hydrogens is 254 g/mol. The van der Waals surface area contributed by atoms with Gasteiger partial charge in [-0.25, -0.2) is 17.9 Å². The van der Waals surface area contributed by atoms with Crippen molar-refractivity contribution in [1.82, 2.24) is 4.72 Å². The smallest absolute Gasteiger partial charge is 0.337 e. The highest BCUT2D eigenvalue weighted by molar-refractivity contribution is 7.89. The Morgan fingerprint density at radius 1 is 1.39 bits per heavy atom. The Morgan fingerprint density at radius 3 is 2.50 bits per heavy atom. The van der Waals surface area contributed by atoms with Crippen LogP contribution >= 0.6 is 0 Å². The van der Waals surface area contributed by atoms with Gasteiger partial charge in [0, 0.05) is 13.0 Å². The predicted molar refractivity (Wildman–Crippen MR) is 66.4 cm³/mol. The van der Waals surface area contributed by atoms with Crippen LogP contribution in [0.4, 0.5) is 0 Å². The summed E-state index contributed by atoms with van der Waals surface area (Å²) in [4.78, 5) is 11.3. The third-order valence-electron chi connectivity index (χ3n) is 2.15. The molecule has 0 unspecified atom stereocenters. The van der Waals surface area contributed by atoms with E-state index >= 15 is 0 Å². The minimum atomic E-state index is -3.58. The maximum absolute atomic E-state index is 11.8. The Bertz CT molecular complexity index is 555. The second-order valence-electron chi connectivity index (χ2n) is 3.37. The fraction of sp³-hybridized carbons (Fsp3) is 0.250. The highest BCUT2D eigenvalue weighted by Crippen LogP contribution is 2.11. The number of benzene rings is 1. The molecule has 1 N–H and O–H groups in total. The number of rotatable bonds is 5. The van der Waals surface area contributed by atoms with E-state index in [1.54, 1.807) is 0 Å². The first-order valence-corrected chi connectivity index (χ1v) is 6.61.